The highest BCUT2D eigenvalue weighted by Gasteiger charge is 2.11. The van der Waals surface area contributed by atoms with E-state index in [1.54, 1.807) is 0 Å². The van der Waals surface area contributed by atoms with Crippen LogP contribution in [0, 0.1) is 27.7 Å². The first kappa shape index (κ1) is 12.0. The fourth-order valence-corrected chi connectivity index (χ4v) is 2.79. The van der Waals surface area contributed by atoms with E-state index in [0.717, 1.165) is 27.1 Å². The first-order valence-electron chi connectivity index (χ1n) is 6.62. The van der Waals surface area contributed by atoms with E-state index in [1.165, 1.54) is 16.7 Å². The van der Waals surface area contributed by atoms with Crippen LogP contribution in [0.15, 0.2) is 30.3 Å². The summed E-state index contributed by atoms with van der Waals surface area (Å²) in [6.07, 6.45) is 0. The number of hydrogen-bond donors (Lipinski definition) is 1. The summed E-state index contributed by atoms with van der Waals surface area (Å²) in [5.41, 5.74) is 4.88. The number of phenolic OH excluding ortho intramolecular Hbond substituents is 1. The first-order valence-corrected chi connectivity index (χ1v) is 6.62. The minimum Gasteiger partial charge on any atom is -0.507 e. The summed E-state index contributed by atoms with van der Waals surface area (Å²) < 4.78 is 0. The van der Waals surface area contributed by atoms with Crippen LogP contribution >= 0.6 is 0 Å². The van der Waals surface area contributed by atoms with E-state index in [1.807, 2.05) is 6.07 Å². The monoisotopic (exact) mass is 250 g/mol. The standard InChI is InChI=1S/C18H18O/c1-10-6-8-15-16(12(10)3)9-14-7-5-11(2)13(4)17(14)18(15)19/h5-9,19H,1-4H3. The zero-order valence-corrected chi connectivity index (χ0v) is 11.8. The summed E-state index contributed by atoms with van der Waals surface area (Å²) >= 11 is 0. The molecule has 3 aromatic carbocycles. The van der Waals surface area contributed by atoms with Crippen LogP contribution in [0.3, 0.4) is 0 Å². The molecule has 1 N–H and O–H groups in total. The molecule has 0 aliphatic rings. The molecule has 0 fully saturated rings. The highest BCUT2D eigenvalue weighted by molar-refractivity contribution is 6.07. The van der Waals surface area contributed by atoms with Gasteiger partial charge in [0.15, 0.2) is 0 Å². The van der Waals surface area contributed by atoms with Crippen molar-refractivity contribution in [3.05, 3.63) is 52.6 Å². The molecular formula is C18H18O. The van der Waals surface area contributed by atoms with E-state index in [0.29, 0.717) is 5.75 Å². The predicted octanol–water partition coefficient (Wildman–Crippen LogP) is 4.93. The van der Waals surface area contributed by atoms with Crippen LogP contribution in [-0.4, -0.2) is 5.11 Å². The Morgan fingerprint density at radius 3 is 2.11 bits per heavy atom. The maximum atomic E-state index is 10.6. The Hall–Kier alpha value is -2.02. The van der Waals surface area contributed by atoms with Crippen LogP contribution in [0.2, 0.25) is 0 Å². The Kier molecular flexibility index (Phi) is 2.53. The molecule has 0 aliphatic heterocycles. The largest absolute Gasteiger partial charge is 0.507 e. The molecule has 19 heavy (non-hydrogen) atoms. The van der Waals surface area contributed by atoms with Gasteiger partial charge in [0.05, 0.1) is 0 Å². The highest BCUT2D eigenvalue weighted by atomic mass is 16.3. The maximum Gasteiger partial charge on any atom is 0.131 e. The number of phenols is 1. The van der Waals surface area contributed by atoms with Gasteiger partial charge in [-0.3, -0.25) is 0 Å². The average Bonchev–Trinajstić information content (AvgIpc) is 2.39. The van der Waals surface area contributed by atoms with Crippen molar-refractivity contribution in [3.8, 4) is 5.75 Å². The molecule has 0 amide bonds. The van der Waals surface area contributed by atoms with Crippen molar-refractivity contribution in [1.82, 2.24) is 0 Å². The molecule has 3 rings (SSSR count). The molecule has 0 aromatic heterocycles. The van der Waals surface area contributed by atoms with Crippen LogP contribution in [0.1, 0.15) is 22.3 Å². The molecule has 3 aromatic rings. The van der Waals surface area contributed by atoms with Crippen LogP contribution in [0.25, 0.3) is 21.5 Å². The van der Waals surface area contributed by atoms with Gasteiger partial charge < -0.3 is 5.11 Å². The van der Waals surface area contributed by atoms with Gasteiger partial charge in [0.25, 0.3) is 0 Å². The summed E-state index contributed by atoms with van der Waals surface area (Å²) in [6, 6.07) is 10.5. The van der Waals surface area contributed by atoms with Gasteiger partial charge in [0.1, 0.15) is 5.75 Å². The molecule has 0 heterocycles. The lowest BCUT2D eigenvalue weighted by Gasteiger charge is -2.13. The van der Waals surface area contributed by atoms with E-state index >= 15 is 0 Å². The van der Waals surface area contributed by atoms with Gasteiger partial charge >= 0.3 is 0 Å². The number of aryl methyl sites for hydroxylation is 4. The Morgan fingerprint density at radius 1 is 0.737 bits per heavy atom. The van der Waals surface area contributed by atoms with Gasteiger partial charge in [-0.15, -0.1) is 0 Å². The van der Waals surface area contributed by atoms with E-state index in [4.69, 9.17) is 0 Å². The van der Waals surface area contributed by atoms with E-state index < -0.39 is 0 Å². The summed E-state index contributed by atoms with van der Waals surface area (Å²) in [4.78, 5) is 0. The molecule has 96 valence electrons. The molecule has 0 radical (unpaired) electrons. The molecule has 0 unspecified atom stereocenters. The molecule has 0 saturated carbocycles. The van der Waals surface area contributed by atoms with Gasteiger partial charge in [-0.25, -0.2) is 0 Å². The third-order valence-corrected chi connectivity index (χ3v) is 4.35. The lowest BCUT2D eigenvalue weighted by Crippen LogP contribution is -1.89. The van der Waals surface area contributed by atoms with Crippen LogP contribution < -0.4 is 0 Å². The van der Waals surface area contributed by atoms with Gasteiger partial charge in [-0.05, 0) is 66.8 Å². The molecule has 0 bridgehead atoms. The minimum atomic E-state index is 0.414. The summed E-state index contributed by atoms with van der Waals surface area (Å²) in [6.45, 7) is 8.38. The minimum absolute atomic E-state index is 0.414. The fourth-order valence-electron chi connectivity index (χ4n) is 2.79. The molecule has 1 heteroatoms. The second-order valence-corrected chi connectivity index (χ2v) is 5.43. The van der Waals surface area contributed by atoms with Crippen molar-refractivity contribution in [1.29, 1.82) is 0 Å². The Bertz CT molecular complexity index is 813. The molecule has 1 nitrogen and oxygen atoms in total. The summed E-state index contributed by atoms with van der Waals surface area (Å²) in [5.74, 6) is 0.414. The molecule has 0 aliphatic carbocycles. The molecule has 0 spiro atoms. The van der Waals surface area contributed by atoms with Crippen molar-refractivity contribution < 1.29 is 5.11 Å². The predicted molar refractivity (Wildman–Crippen MR) is 82.1 cm³/mol. The zero-order valence-electron chi connectivity index (χ0n) is 11.8. The van der Waals surface area contributed by atoms with Gasteiger partial charge in [0, 0.05) is 10.8 Å². The normalized spacial score (nSPS) is 11.4. The van der Waals surface area contributed by atoms with E-state index in [-0.39, 0.29) is 0 Å². The van der Waals surface area contributed by atoms with Crippen molar-refractivity contribution in [2.75, 3.05) is 0 Å². The summed E-state index contributed by atoms with van der Waals surface area (Å²) in [5, 5.41) is 14.8. The smallest absolute Gasteiger partial charge is 0.131 e. The van der Waals surface area contributed by atoms with E-state index in [2.05, 4.69) is 52.0 Å². The number of rotatable bonds is 0. The van der Waals surface area contributed by atoms with E-state index in [9.17, 15) is 5.11 Å². The van der Waals surface area contributed by atoms with Crippen LogP contribution in [0.5, 0.6) is 5.75 Å². The molecular weight excluding hydrogens is 232 g/mol. The van der Waals surface area contributed by atoms with Gasteiger partial charge in [-0.2, -0.15) is 0 Å². The zero-order chi connectivity index (χ0) is 13.7. The lowest BCUT2D eigenvalue weighted by molar-refractivity contribution is 0.487. The van der Waals surface area contributed by atoms with Gasteiger partial charge in [-0.1, -0.05) is 24.3 Å². The van der Waals surface area contributed by atoms with Crippen LogP contribution in [-0.2, 0) is 0 Å². The first-order chi connectivity index (χ1) is 9.00. The van der Waals surface area contributed by atoms with Crippen LogP contribution in [0.4, 0.5) is 0 Å². The highest BCUT2D eigenvalue weighted by Crippen LogP contribution is 2.38. The Balaban J connectivity index is 2.60. The second kappa shape index (κ2) is 3.99. The maximum absolute atomic E-state index is 10.6. The number of aromatic hydroxyl groups is 1. The lowest BCUT2D eigenvalue weighted by atomic mass is 9.93. The quantitative estimate of drug-likeness (QED) is 0.561. The molecule has 0 atom stereocenters. The number of benzene rings is 3. The van der Waals surface area contributed by atoms with Crippen molar-refractivity contribution in [3.63, 3.8) is 0 Å². The second-order valence-electron chi connectivity index (χ2n) is 5.43. The molecule has 0 saturated heterocycles. The van der Waals surface area contributed by atoms with Crippen molar-refractivity contribution >= 4 is 21.5 Å². The topological polar surface area (TPSA) is 20.2 Å². The van der Waals surface area contributed by atoms with Crippen molar-refractivity contribution in [2.24, 2.45) is 0 Å². The Morgan fingerprint density at radius 2 is 1.37 bits per heavy atom. The average molecular weight is 250 g/mol. The third kappa shape index (κ3) is 1.61. The van der Waals surface area contributed by atoms with Gasteiger partial charge in [0.2, 0.25) is 0 Å². The number of fused-ring (bicyclic) bond motifs is 2. The SMILES string of the molecule is Cc1ccc2c(O)c3c(C)c(C)ccc3cc2c1C. The Labute approximate surface area is 113 Å². The summed E-state index contributed by atoms with van der Waals surface area (Å²) in [7, 11) is 0. The number of hydrogen-bond acceptors (Lipinski definition) is 1. The third-order valence-electron chi connectivity index (χ3n) is 4.35. The fraction of sp³-hybridized carbons (Fsp3) is 0.222. The van der Waals surface area contributed by atoms with Crippen molar-refractivity contribution in [2.45, 2.75) is 27.7 Å².